The van der Waals surface area contributed by atoms with E-state index in [-0.39, 0.29) is 0 Å². The third-order valence-electron chi connectivity index (χ3n) is 3.45. The topological polar surface area (TPSA) is 20.3 Å². The Balaban J connectivity index is 1.81. The predicted octanol–water partition coefficient (Wildman–Crippen LogP) is 3.16. The van der Waals surface area contributed by atoms with Gasteiger partial charge >= 0.3 is 0 Å². The highest BCUT2D eigenvalue weighted by Crippen LogP contribution is 2.19. The summed E-state index contributed by atoms with van der Waals surface area (Å²) in [4.78, 5) is 13.9. The minimum atomic E-state index is 0.308. The molecule has 0 spiro atoms. The summed E-state index contributed by atoms with van der Waals surface area (Å²) < 4.78 is 0. The van der Waals surface area contributed by atoms with E-state index in [0.29, 0.717) is 11.7 Å². The number of carbonyl (C=O) groups is 1. The molecule has 18 heavy (non-hydrogen) atoms. The molecule has 0 atom stereocenters. The number of thioether (sulfide) groups is 1. The number of aryl methyl sites for hydroxylation is 2. The zero-order valence-corrected chi connectivity index (χ0v) is 12.1. The van der Waals surface area contributed by atoms with Crippen LogP contribution < -0.4 is 0 Å². The standard InChI is InChI=1S/C15H21NOS/c1-12-5-6-13(2)14(9-12)10-18-11-15(17)16-7-3-4-8-16/h5-6,9H,3-4,7-8,10-11H2,1-2H3. The van der Waals surface area contributed by atoms with Crippen molar-refractivity contribution in [2.45, 2.75) is 32.4 Å². The van der Waals surface area contributed by atoms with E-state index >= 15 is 0 Å². The normalized spacial score (nSPS) is 15.1. The predicted molar refractivity (Wildman–Crippen MR) is 77.9 cm³/mol. The highest BCUT2D eigenvalue weighted by Gasteiger charge is 2.17. The lowest BCUT2D eigenvalue weighted by atomic mass is 10.1. The zero-order chi connectivity index (χ0) is 13.0. The van der Waals surface area contributed by atoms with Crippen LogP contribution >= 0.6 is 11.8 Å². The van der Waals surface area contributed by atoms with E-state index in [0.717, 1.165) is 18.8 Å². The number of hydrogen-bond acceptors (Lipinski definition) is 2. The molecule has 0 bridgehead atoms. The average Bonchev–Trinajstić information content (AvgIpc) is 2.87. The van der Waals surface area contributed by atoms with Gasteiger partial charge in [-0.3, -0.25) is 4.79 Å². The van der Waals surface area contributed by atoms with Crippen molar-refractivity contribution in [1.29, 1.82) is 0 Å². The van der Waals surface area contributed by atoms with Gasteiger partial charge in [0.25, 0.3) is 0 Å². The van der Waals surface area contributed by atoms with Gasteiger partial charge in [0.2, 0.25) is 5.91 Å². The monoisotopic (exact) mass is 263 g/mol. The lowest BCUT2D eigenvalue weighted by Crippen LogP contribution is -2.29. The van der Waals surface area contributed by atoms with Gasteiger partial charge in [0.15, 0.2) is 0 Å². The van der Waals surface area contributed by atoms with Gasteiger partial charge in [0, 0.05) is 18.8 Å². The van der Waals surface area contributed by atoms with Crippen LogP contribution in [0.2, 0.25) is 0 Å². The molecule has 1 heterocycles. The molecule has 1 aliphatic rings. The first-order valence-corrected chi connectivity index (χ1v) is 7.74. The Morgan fingerprint density at radius 3 is 2.72 bits per heavy atom. The summed E-state index contributed by atoms with van der Waals surface area (Å²) in [5.74, 6) is 1.86. The fourth-order valence-corrected chi connectivity index (χ4v) is 3.25. The van der Waals surface area contributed by atoms with Crippen LogP contribution in [0.3, 0.4) is 0 Å². The number of likely N-dealkylation sites (tertiary alicyclic amines) is 1. The molecule has 0 aliphatic carbocycles. The number of hydrogen-bond donors (Lipinski definition) is 0. The summed E-state index contributed by atoms with van der Waals surface area (Å²) in [7, 11) is 0. The van der Waals surface area contributed by atoms with Gasteiger partial charge < -0.3 is 4.90 Å². The van der Waals surface area contributed by atoms with Crippen LogP contribution in [-0.2, 0) is 10.5 Å². The summed E-state index contributed by atoms with van der Waals surface area (Å²) in [6.45, 7) is 6.17. The maximum absolute atomic E-state index is 11.9. The Hall–Kier alpha value is -0.960. The van der Waals surface area contributed by atoms with Gasteiger partial charge in [0.1, 0.15) is 0 Å². The molecule has 3 heteroatoms. The molecular formula is C15H21NOS. The van der Waals surface area contributed by atoms with Crippen molar-refractivity contribution in [2.24, 2.45) is 0 Å². The minimum Gasteiger partial charge on any atom is -0.342 e. The van der Waals surface area contributed by atoms with Crippen molar-refractivity contribution in [3.05, 3.63) is 34.9 Å². The van der Waals surface area contributed by atoms with E-state index in [1.807, 2.05) is 4.90 Å². The SMILES string of the molecule is Cc1ccc(C)c(CSCC(=O)N2CCCC2)c1. The first-order chi connectivity index (χ1) is 8.66. The highest BCUT2D eigenvalue weighted by atomic mass is 32.2. The Kier molecular flexibility index (Phi) is 4.70. The van der Waals surface area contributed by atoms with Gasteiger partial charge in [-0.25, -0.2) is 0 Å². The smallest absolute Gasteiger partial charge is 0.232 e. The third kappa shape index (κ3) is 3.52. The van der Waals surface area contributed by atoms with Gasteiger partial charge in [-0.2, -0.15) is 0 Å². The molecule has 98 valence electrons. The first kappa shape index (κ1) is 13.5. The summed E-state index contributed by atoms with van der Waals surface area (Å²) in [6, 6.07) is 6.52. The van der Waals surface area contributed by atoms with Crippen LogP contribution in [0.4, 0.5) is 0 Å². The van der Waals surface area contributed by atoms with Crippen molar-refractivity contribution in [2.75, 3.05) is 18.8 Å². The largest absolute Gasteiger partial charge is 0.342 e. The minimum absolute atomic E-state index is 0.308. The average molecular weight is 263 g/mol. The number of rotatable bonds is 4. The molecule has 0 N–H and O–H groups in total. The molecule has 1 fully saturated rings. The van der Waals surface area contributed by atoms with Crippen LogP contribution in [0, 0.1) is 13.8 Å². The molecule has 1 aromatic rings. The lowest BCUT2D eigenvalue weighted by molar-refractivity contribution is -0.127. The molecule has 1 amide bonds. The highest BCUT2D eigenvalue weighted by molar-refractivity contribution is 7.99. The maximum atomic E-state index is 11.9. The fraction of sp³-hybridized carbons (Fsp3) is 0.533. The van der Waals surface area contributed by atoms with Crippen molar-refractivity contribution < 1.29 is 4.79 Å². The molecule has 1 saturated heterocycles. The first-order valence-electron chi connectivity index (χ1n) is 6.58. The van der Waals surface area contributed by atoms with E-state index in [1.165, 1.54) is 29.5 Å². The van der Waals surface area contributed by atoms with E-state index in [1.54, 1.807) is 11.8 Å². The van der Waals surface area contributed by atoms with Crippen LogP contribution in [0.25, 0.3) is 0 Å². The van der Waals surface area contributed by atoms with E-state index < -0.39 is 0 Å². The lowest BCUT2D eigenvalue weighted by Gasteiger charge is -2.15. The van der Waals surface area contributed by atoms with Crippen molar-refractivity contribution >= 4 is 17.7 Å². The molecule has 1 aromatic carbocycles. The number of amides is 1. The van der Waals surface area contributed by atoms with Gasteiger partial charge in [-0.15, -0.1) is 11.8 Å². The zero-order valence-electron chi connectivity index (χ0n) is 11.2. The maximum Gasteiger partial charge on any atom is 0.232 e. The Bertz CT molecular complexity index is 425. The van der Waals surface area contributed by atoms with Crippen LogP contribution in [-0.4, -0.2) is 29.6 Å². The van der Waals surface area contributed by atoms with Crippen molar-refractivity contribution in [1.82, 2.24) is 4.90 Å². The summed E-state index contributed by atoms with van der Waals surface area (Å²) in [5.41, 5.74) is 3.97. The molecule has 1 aliphatic heterocycles. The summed E-state index contributed by atoms with van der Waals surface area (Å²) in [6.07, 6.45) is 2.35. The fourth-order valence-electron chi connectivity index (χ4n) is 2.26. The van der Waals surface area contributed by atoms with Crippen LogP contribution in [0.15, 0.2) is 18.2 Å². The second-order valence-electron chi connectivity index (χ2n) is 5.01. The Morgan fingerprint density at radius 2 is 2.00 bits per heavy atom. The molecule has 2 rings (SSSR count). The molecule has 0 radical (unpaired) electrons. The molecule has 0 aromatic heterocycles. The van der Waals surface area contributed by atoms with E-state index in [4.69, 9.17) is 0 Å². The van der Waals surface area contributed by atoms with Crippen LogP contribution in [0.5, 0.6) is 0 Å². The quantitative estimate of drug-likeness (QED) is 0.831. The van der Waals surface area contributed by atoms with E-state index in [9.17, 15) is 4.79 Å². The van der Waals surface area contributed by atoms with Gasteiger partial charge in [0.05, 0.1) is 5.75 Å². The number of benzene rings is 1. The molecule has 0 unspecified atom stereocenters. The van der Waals surface area contributed by atoms with Gasteiger partial charge in [-0.05, 0) is 37.8 Å². The second kappa shape index (κ2) is 6.28. The Morgan fingerprint density at radius 1 is 1.28 bits per heavy atom. The number of carbonyl (C=O) groups excluding carboxylic acids is 1. The second-order valence-corrected chi connectivity index (χ2v) is 6.00. The van der Waals surface area contributed by atoms with Crippen LogP contribution in [0.1, 0.15) is 29.5 Å². The Labute approximate surface area is 114 Å². The van der Waals surface area contributed by atoms with Gasteiger partial charge in [-0.1, -0.05) is 23.8 Å². The summed E-state index contributed by atoms with van der Waals surface area (Å²) >= 11 is 1.73. The molecule has 2 nitrogen and oxygen atoms in total. The molecule has 0 saturated carbocycles. The van der Waals surface area contributed by atoms with Crippen molar-refractivity contribution in [3.8, 4) is 0 Å². The molecular weight excluding hydrogens is 242 g/mol. The van der Waals surface area contributed by atoms with E-state index in [2.05, 4.69) is 32.0 Å². The van der Waals surface area contributed by atoms with Crippen molar-refractivity contribution in [3.63, 3.8) is 0 Å². The summed E-state index contributed by atoms with van der Waals surface area (Å²) in [5, 5.41) is 0. The number of nitrogens with zero attached hydrogens (tertiary/aromatic N) is 1. The third-order valence-corrected chi connectivity index (χ3v) is 4.41.